The lowest BCUT2D eigenvalue weighted by Gasteiger charge is -2.31. The second-order valence-electron chi connectivity index (χ2n) is 21.2. The minimum absolute atomic E-state index is 0.0559. The lowest BCUT2D eigenvalue weighted by molar-refractivity contribution is -0.136. The third-order valence-corrected chi connectivity index (χ3v) is 16.3. The van der Waals surface area contributed by atoms with Gasteiger partial charge in [-0.15, -0.1) is 0 Å². The number of H-pyrrole nitrogens is 2. The highest BCUT2D eigenvalue weighted by atomic mass is 16.5. The maximum Gasteiger partial charge on any atom is 0.407 e. The standard InChI is InChI=1S/C55H66N8O6/c1-9-38(60-51(66)68-7)48(64)62-24-13-18-42(62)47-56-29-40(58-47)31-14-11-16-33(26-31)43-36-19-22-54(5,6)46(36)44(37-20-23-53(3,4)45(37)43)34-17-12-15-32(27-34)41-30-57-50(59-41)55-28-35(55)21-25-63(55)49(65)39(10-2)61-52(67)69-8/h11-12,14-17,26-27,29-30,35,38-39,42H,9-10,13,18-25,28H2,1-8H3,(H,56,58)(H,57,59)(H,60,66)(H,61,67)/t35?,38-,39?,42+,55?/m1/s1. The fourth-order valence-corrected chi connectivity index (χ4v) is 12.6. The van der Waals surface area contributed by atoms with Gasteiger partial charge in [0.2, 0.25) is 11.8 Å². The van der Waals surface area contributed by atoms with Crippen LogP contribution in [0, 0.1) is 5.92 Å². The maximum atomic E-state index is 13.9. The molecule has 0 spiro atoms. The number of fused-ring (bicyclic) bond motifs is 3. The molecule has 4 heterocycles. The van der Waals surface area contributed by atoms with Crippen LogP contribution in [-0.4, -0.2) is 93.1 Å². The van der Waals surface area contributed by atoms with Crippen molar-refractivity contribution in [3.8, 4) is 44.8 Å². The molecule has 4 amide bonds. The Morgan fingerprint density at radius 1 is 0.725 bits per heavy atom. The van der Waals surface area contributed by atoms with Gasteiger partial charge >= 0.3 is 12.2 Å². The summed E-state index contributed by atoms with van der Waals surface area (Å²) in [6, 6.07) is 16.2. The SMILES string of the molecule is CCC(NC(=O)OC)C(=O)N1CCC2CC21c1ncc(-c2cccc(-c3c4c(c(-c5cccc(-c6cnc([C@@H]7CCCN7C(=O)[C@@H](CC)NC(=O)OC)[nH]6)c5)c5c3C(C)(C)CC5)C(C)(C)CC4)c2)[nH]1. The normalized spacial score (nSPS) is 22.4. The van der Waals surface area contributed by atoms with E-state index in [0.29, 0.717) is 31.8 Å². The summed E-state index contributed by atoms with van der Waals surface area (Å²) in [5.74, 6) is 1.66. The number of likely N-dealkylation sites (tertiary alicyclic amines) is 2. The molecule has 10 rings (SSSR count). The van der Waals surface area contributed by atoms with Crippen LogP contribution in [0.2, 0.25) is 0 Å². The van der Waals surface area contributed by atoms with Crippen molar-refractivity contribution in [3.63, 3.8) is 0 Å². The van der Waals surface area contributed by atoms with Gasteiger partial charge in [0.25, 0.3) is 0 Å². The minimum Gasteiger partial charge on any atom is -0.453 e. The number of carbonyl (C=O) groups is 4. The summed E-state index contributed by atoms with van der Waals surface area (Å²) in [5, 5.41) is 5.44. The van der Waals surface area contributed by atoms with Gasteiger partial charge in [-0.3, -0.25) is 9.59 Å². The van der Waals surface area contributed by atoms with Crippen molar-refractivity contribution in [2.45, 2.75) is 140 Å². The van der Waals surface area contributed by atoms with Crippen molar-refractivity contribution in [1.29, 1.82) is 0 Å². The van der Waals surface area contributed by atoms with E-state index in [1.165, 1.54) is 58.7 Å². The van der Waals surface area contributed by atoms with E-state index in [1.54, 1.807) is 0 Å². The number of methoxy groups -OCH3 is 2. The first-order valence-electron chi connectivity index (χ1n) is 25.0. The molecular formula is C55H66N8O6. The molecule has 2 saturated heterocycles. The van der Waals surface area contributed by atoms with E-state index in [1.807, 2.05) is 36.0 Å². The summed E-state index contributed by atoms with van der Waals surface area (Å²) in [6.45, 7) is 14.6. The minimum atomic E-state index is -0.667. The first-order valence-corrected chi connectivity index (χ1v) is 25.0. The number of imidazole rings is 2. The van der Waals surface area contributed by atoms with Gasteiger partial charge in [0, 0.05) is 24.2 Å². The molecule has 0 bridgehead atoms. The Hall–Kier alpha value is -6.44. The monoisotopic (exact) mass is 935 g/mol. The predicted octanol–water partition coefficient (Wildman–Crippen LogP) is 9.63. The Morgan fingerprint density at radius 2 is 1.26 bits per heavy atom. The van der Waals surface area contributed by atoms with Crippen molar-refractivity contribution in [2.75, 3.05) is 27.3 Å². The Balaban J connectivity index is 0.986. The number of carbonyl (C=O) groups excluding carboxylic acids is 4. The maximum absolute atomic E-state index is 13.9. The molecule has 362 valence electrons. The van der Waals surface area contributed by atoms with E-state index in [9.17, 15) is 19.2 Å². The Bertz CT molecular complexity index is 2860. The number of nitrogens with zero attached hydrogens (tertiary/aromatic N) is 4. The highest BCUT2D eigenvalue weighted by molar-refractivity contribution is 5.90. The van der Waals surface area contributed by atoms with Crippen LogP contribution in [-0.2, 0) is 48.3 Å². The number of nitrogens with one attached hydrogen (secondary N) is 4. The molecule has 4 N–H and O–H groups in total. The van der Waals surface area contributed by atoms with Crippen LogP contribution in [0.1, 0.15) is 133 Å². The van der Waals surface area contributed by atoms with E-state index in [0.717, 1.165) is 85.5 Å². The smallest absolute Gasteiger partial charge is 0.407 e. The van der Waals surface area contributed by atoms with E-state index in [2.05, 4.69) is 96.8 Å². The first kappa shape index (κ1) is 46.3. The molecule has 2 aliphatic heterocycles. The van der Waals surface area contributed by atoms with Gasteiger partial charge in [0.15, 0.2) is 0 Å². The average molecular weight is 935 g/mol. The molecule has 5 atom stereocenters. The molecule has 3 aromatic carbocycles. The highest BCUT2D eigenvalue weighted by Gasteiger charge is 2.66. The molecule has 3 unspecified atom stereocenters. The van der Waals surface area contributed by atoms with Gasteiger partial charge in [-0.1, -0.05) is 77.9 Å². The number of hydrogen-bond acceptors (Lipinski definition) is 8. The molecule has 14 heteroatoms. The van der Waals surface area contributed by atoms with Crippen LogP contribution in [0.3, 0.4) is 0 Å². The number of rotatable bonds is 12. The molecule has 14 nitrogen and oxygen atoms in total. The summed E-state index contributed by atoms with van der Waals surface area (Å²) in [6.07, 6.45) is 11.0. The van der Waals surface area contributed by atoms with Gasteiger partial charge in [0.05, 0.1) is 44.0 Å². The second-order valence-corrected chi connectivity index (χ2v) is 21.2. The van der Waals surface area contributed by atoms with Gasteiger partial charge < -0.3 is 39.9 Å². The molecule has 5 aliphatic rings. The first-order chi connectivity index (χ1) is 33.1. The number of piperidine rings is 1. The van der Waals surface area contributed by atoms with Crippen LogP contribution in [0.5, 0.6) is 0 Å². The molecule has 1 saturated carbocycles. The Morgan fingerprint density at radius 3 is 1.81 bits per heavy atom. The molecule has 3 fully saturated rings. The summed E-state index contributed by atoms with van der Waals surface area (Å²) < 4.78 is 9.63. The summed E-state index contributed by atoms with van der Waals surface area (Å²) >= 11 is 0. The summed E-state index contributed by atoms with van der Waals surface area (Å²) in [4.78, 5) is 72.7. The lowest BCUT2D eigenvalue weighted by atomic mass is 9.73. The molecular weight excluding hydrogens is 869 g/mol. The molecule has 5 aromatic rings. The van der Waals surface area contributed by atoms with Crippen LogP contribution < -0.4 is 10.6 Å². The number of amides is 4. The van der Waals surface area contributed by atoms with Crippen molar-refractivity contribution >= 4 is 24.0 Å². The molecule has 3 aliphatic carbocycles. The summed E-state index contributed by atoms with van der Waals surface area (Å²) in [7, 11) is 2.62. The van der Waals surface area contributed by atoms with Crippen molar-refractivity contribution in [1.82, 2.24) is 40.4 Å². The third kappa shape index (κ3) is 7.78. The van der Waals surface area contributed by atoms with Crippen molar-refractivity contribution in [3.05, 3.63) is 94.8 Å². The van der Waals surface area contributed by atoms with Gasteiger partial charge in [-0.2, -0.15) is 0 Å². The van der Waals surface area contributed by atoms with Crippen LogP contribution >= 0.6 is 0 Å². The zero-order valence-corrected chi connectivity index (χ0v) is 41.3. The van der Waals surface area contributed by atoms with Crippen LogP contribution in [0.4, 0.5) is 9.59 Å². The number of hydrogen-bond donors (Lipinski definition) is 4. The quantitative estimate of drug-likeness (QED) is 0.0957. The summed E-state index contributed by atoms with van der Waals surface area (Å²) in [5.41, 5.74) is 14.2. The van der Waals surface area contributed by atoms with Crippen LogP contribution in [0.25, 0.3) is 44.8 Å². The zero-order valence-electron chi connectivity index (χ0n) is 41.3. The largest absolute Gasteiger partial charge is 0.453 e. The van der Waals surface area contributed by atoms with Crippen molar-refractivity contribution < 1.29 is 28.7 Å². The van der Waals surface area contributed by atoms with Gasteiger partial charge in [-0.25, -0.2) is 19.6 Å². The average Bonchev–Trinajstić information content (AvgIpc) is 4.11. The number of benzene rings is 3. The number of alkyl carbamates (subject to hydrolysis) is 2. The van der Waals surface area contributed by atoms with E-state index in [4.69, 9.17) is 19.4 Å². The van der Waals surface area contributed by atoms with Crippen molar-refractivity contribution in [2.24, 2.45) is 5.92 Å². The Labute approximate surface area is 404 Å². The van der Waals surface area contributed by atoms with Crippen LogP contribution in [0.15, 0.2) is 60.9 Å². The van der Waals surface area contributed by atoms with E-state index in [-0.39, 0.29) is 28.7 Å². The van der Waals surface area contributed by atoms with Gasteiger partial charge in [0.1, 0.15) is 29.3 Å². The van der Waals surface area contributed by atoms with E-state index >= 15 is 0 Å². The number of aromatic nitrogens is 4. The Kier molecular flexibility index (Phi) is 11.7. The fourth-order valence-electron chi connectivity index (χ4n) is 12.6. The lowest BCUT2D eigenvalue weighted by Crippen LogP contribution is -2.51. The van der Waals surface area contributed by atoms with E-state index < -0.39 is 29.8 Å². The molecule has 0 radical (unpaired) electrons. The highest BCUT2D eigenvalue weighted by Crippen LogP contribution is 2.62. The molecule has 2 aromatic heterocycles. The second kappa shape index (κ2) is 17.5. The number of ether oxygens (including phenoxy) is 2. The zero-order chi connectivity index (χ0) is 48.6. The topological polar surface area (TPSA) is 175 Å². The third-order valence-electron chi connectivity index (χ3n) is 16.3. The predicted molar refractivity (Wildman–Crippen MR) is 264 cm³/mol. The molecule has 69 heavy (non-hydrogen) atoms. The number of aromatic amines is 2. The fraction of sp³-hybridized carbons (Fsp3) is 0.491. The van der Waals surface area contributed by atoms with Gasteiger partial charge in [-0.05, 0) is 138 Å².